The number of fused-ring (bicyclic) bond motifs is 1. The minimum Gasteiger partial charge on any atom is -0.493 e. The van der Waals surface area contributed by atoms with Gasteiger partial charge in [-0.15, -0.1) is 0 Å². The van der Waals surface area contributed by atoms with Crippen LogP contribution in [0.15, 0.2) is 65.1 Å². The van der Waals surface area contributed by atoms with E-state index in [2.05, 4.69) is 10.3 Å². The summed E-state index contributed by atoms with van der Waals surface area (Å²) in [6.07, 6.45) is 0. The van der Waals surface area contributed by atoms with Crippen molar-refractivity contribution < 1.29 is 18.7 Å². The van der Waals surface area contributed by atoms with Crippen LogP contribution in [-0.2, 0) is 0 Å². The van der Waals surface area contributed by atoms with Crippen molar-refractivity contribution in [3.63, 3.8) is 0 Å². The zero-order valence-electron chi connectivity index (χ0n) is 17.9. The number of hydrogen-bond acceptors (Lipinski definition) is 5. The molecule has 2 heterocycles. The number of rotatable bonds is 6. The fourth-order valence-corrected chi connectivity index (χ4v) is 3.54. The summed E-state index contributed by atoms with van der Waals surface area (Å²) >= 11 is 0. The van der Waals surface area contributed by atoms with Gasteiger partial charge in [0.2, 0.25) is 0 Å². The number of methoxy groups -OCH3 is 2. The van der Waals surface area contributed by atoms with Gasteiger partial charge < -0.3 is 19.2 Å². The van der Waals surface area contributed by atoms with Crippen molar-refractivity contribution in [2.24, 2.45) is 0 Å². The molecule has 0 aliphatic carbocycles. The Morgan fingerprint density at radius 2 is 1.77 bits per heavy atom. The summed E-state index contributed by atoms with van der Waals surface area (Å²) in [5.74, 6) is 2.49. The largest absolute Gasteiger partial charge is 0.493 e. The number of ether oxygens (including phenoxy) is 2. The van der Waals surface area contributed by atoms with Gasteiger partial charge in [0.15, 0.2) is 17.3 Å². The molecule has 1 amide bonds. The van der Waals surface area contributed by atoms with E-state index in [1.165, 1.54) is 0 Å². The van der Waals surface area contributed by atoms with Gasteiger partial charge in [0.25, 0.3) is 5.91 Å². The van der Waals surface area contributed by atoms with Gasteiger partial charge in [0.05, 0.1) is 31.3 Å². The number of para-hydroxylation sites is 1. The lowest BCUT2D eigenvalue weighted by molar-refractivity contribution is 0.0941. The second-order valence-electron chi connectivity index (χ2n) is 7.29. The predicted octanol–water partition coefficient (Wildman–Crippen LogP) is 5.31. The Labute approximate surface area is 180 Å². The molecule has 1 N–H and O–H groups in total. The van der Waals surface area contributed by atoms with Crippen molar-refractivity contribution in [1.29, 1.82) is 0 Å². The minimum absolute atomic E-state index is 0.189. The molecule has 31 heavy (non-hydrogen) atoms. The average molecular weight is 416 g/mol. The Hall–Kier alpha value is -3.80. The van der Waals surface area contributed by atoms with E-state index in [0.717, 1.165) is 22.2 Å². The number of carbonyl (C=O) groups excluding carboxylic acids is 1. The number of aromatic nitrogens is 1. The number of nitrogens with one attached hydrogen (secondary N) is 1. The van der Waals surface area contributed by atoms with E-state index in [-0.39, 0.29) is 11.9 Å². The van der Waals surface area contributed by atoms with Crippen LogP contribution in [0.1, 0.15) is 34.6 Å². The standard InChI is InChI=1S/C25H24N2O4/c1-15-9-11-22(31-15)21-14-19(18-7-5-6-8-20(18)27-21)25(28)26-16(2)17-10-12-23(29-3)24(13-17)30-4/h5-14,16H,1-4H3,(H,26,28). The molecule has 4 rings (SSSR count). The van der Waals surface area contributed by atoms with Gasteiger partial charge in [0.1, 0.15) is 11.5 Å². The van der Waals surface area contributed by atoms with E-state index >= 15 is 0 Å². The Morgan fingerprint density at radius 3 is 2.48 bits per heavy atom. The van der Waals surface area contributed by atoms with Crippen molar-refractivity contribution in [2.75, 3.05) is 14.2 Å². The number of carbonyl (C=O) groups is 1. The molecular formula is C25H24N2O4. The Bertz CT molecular complexity index is 1250. The second-order valence-corrected chi connectivity index (χ2v) is 7.29. The number of pyridine rings is 1. The van der Waals surface area contributed by atoms with E-state index < -0.39 is 0 Å². The lowest BCUT2D eigenvalue weighted by atomic mass is 10.0. The Kier molecular flexibility index (Phi) is 5.62. The molecule has 6 heteroatoms. The molecule has 0 spiro atoms. The highest BCUT2D eigenvalue weighted by atomic mass is 16.5. The summed E-state index contributed by atoms with van der Waals surface area (Å²) in [5, 5.41) is 3.87. The third-order valence-corrected chi connectivity index (χ3v) is 5.21. The quantitative estimate of drug-likeness (QED) is 0.461. The molecule has 1 atom stereocenters. The third-order valence-electron chi connectivity index (χ3n) is 5.21. The van der Waals surface area contributed by atoms with Gasteiger partial charge >= 0.3 is 0 Å². The number of furan rings is 1. The number of benzene rings is 2. The molecule has 2 aromatic heterocycles. The lowest BCUT2D eigenvalue weighted by Gasteiger charge is -2.17. The molecule has 0 radical (unpaired) electrons. The van der Waals surface area contributed by atoms with E-state index in [0.29, 0.717) is 28.5 Å². The first-order valence-corrected chi connectivity index (χ1v) is 9.99. The number of nitrogens with zero attached hydrogens (tertiary/aromatic N) is 1. The molecule has 158 valence electrons. The monoisotopic (exact) mass is 416 g/mol. The highest BCUT2D eigenvalue weighted by Gasteiger charge is 2.18. The molecule has 0 bridgehead atoms. The summed E-state index contributed by atoms with van der Waals surface area (Å²) in [4.78, 5) is 18.0. The van der Waals surface area contributed by atoms with Gasteiger partial charge in [-0.3, -0.25) is 4.79 Å². The molecule has 0 saturated carbocycles. The van der Waals surface area contributed by atoms with Crippen molar-refractivity contribution in [3.05, 3.63) is 77.6 Å². The number of hydrogen-bond donors (Lipinski definition) is 1. The first kappa shape index (κ1) is 20.5. The SMILES string of the molecule is COc1ccc(C(C)NC(=O)c2cc(-c3ccc(C)o3)nc3ccccc23)cc1OC. The number of aryl methyl sites for hydroxylation is 1. The summed E-state index contributed by atoms with van der Waals surface area (Å²) in [7, 11) is 3.18. The molecule has 0 aliphatic heterocycles. The van der Waals surface area contributed by atoms with Crippen molar-refractivity contribution in [2.45, 2.75) is 19.9 Å². The van der Waals surface area contributed by atoms with Crippen LogP contribution in [0, 0.1) is 6.92 Å². The summed E-state index contributed by atoms with van der Waals surface area (Å²) < 4.78 is 16.4. The van der Waals surface area contributed by atoms with Crippen LogP contribution >= 0.6 is 0 Å². The van der Waals surface area contributed by atoms with Crippen LogP contribution in [0.2, 0.25) is 0 Å². The van der Waals surface area contributed by atoms with Gasteiger partial charge in [-0.2, -0.15) is 0 Å². The molecule has 0 aliphatic rings. The van der Waals surface area contributed by atoms with E-state index in [1.54, 1.807) is 20.3 Å². The van der Waals surface area contributed by atoms with Gasteiger partial charge in [-0.05, 0) is 55.8 Å². The van der Waals surface area contributed by atoms with Crippen LogP contribution in [0.3, 0.4) is 0 Å². The van der Waals surface area contributed by atoms with Crippen molar-refractivity contribution in [1.82, 2.24) is 10.3 Å². The predicted molar refractivity (Wildman–Crippen MR) is 120 cm³/mol. The normalized spacial score (nSPS) is 11.9. The first-order chi connectivity index (χ1) is 15.0. The van der Waals surface area contributed by atoms with Crippen LogP contribution in [0.4, 0.5) is 0 Å². The van der Waals surface area contributed by atoms with E-state index in [4.69, 9.17) is 13.9 Å². The maximum atomic E-state index is 13.3. The third kappa shape index (κ3) is 4.10. The van der Waals surface area contributed by atoms with Crippen molar-refractivity contribution in [3.8, 4) is 23.0 Å². The maximum absolute atomic E-state index is 13.3. The van der Waals surface area contributed by atoms with Crippen LogP contribution in [0.5, 0.6) is 11.5 Å². The zero-order chi connectivity index (χ0) is 22.0. The highest BCUT2D eigenvalue weighted by molar-refractivity contribution is 6.07. The molecule has 0 fully saturated rings. The molecule has 2 aromatic carbocycles. The Morgan fingerprint density at radius 1 is 1.00 bits per heavy atom. The van der Waals surface area contributed by atoms with Crippen molar-refractivity contribution >= 4 is 16.8 Å². The summed E-state index contributed by atoms with van der Waals surface area (Å²) in [6, 6.07) is 18.5. The second kappa shape index (κ2) is 8.52. The molecule has 0 saturated heterocycles. The van der Waals surface area contributed by atoms with Crippen LogP contribution < -0.4 is 14.8 Å². The molecule has 6 nitrogen and oxygen atoms in total. The molecule has 1 unspecified atom stereocenters. The van der Waals surface area contributed by atoms with E-state index in [9.17, 15) is 4.79 Å². The molecule has 4 aromatic rings. The summed E-state index contributed by atoms with van der Waals surface area (Å²) in [6.45, 7) is 3.81. The van der Waals surface area contributed by atoms with Gasteiger partial charge in [0, 0.05) is 5.39 Å². The first-order valence-electron chi connectivity index (χ1n) is 9.99. The maximum Gasteiger partial charge on any atom is 0.252 e. The number of amides is 1. The fourth-order valence-electron chi connectivity index (χ4n) is 3.54. The van der Waals surface area contributed by atoms with Crippen LogP contribution in [-0.4, -0.2) is 25.1 Å². The fraction of sp³-hybridized carbons (Fsp3) is 0.200. The highest BCUT2D eigenvalue weighted by Crippen LogP contribution is 2.31. The lowest BCUT2D eigenvalue weighted by Crippen LogP contribution is -2.27. The smallest absolute Gasteiger partial charge is 0.252 e. The zero-order valence-corrected chi connectivity index (χ0v) is 17.9. The van der Waals surface area contributed by atoms with Gasteiger partial charge in [-0.25, -0.2) is 4.98 Å². The van der Waals surface area contributed by atoms with Gasteiger partial charge in [-0.1, -0.05) is 24.3 Å². The van der Waals surface area contributed by atoms with E-state index in [1.807, 2.05) is 68.4 Å². The Balaban J connectivity index is 1.68. The topological polar surface area (TPSA) is 73.6 Å². The minimum atomic E-state index is -0.242. The molecular weight excluding hydrogens is 392 g/mol. The van der Waals surface area contributed by atoms with Crippen LogP contribution in [0.25, 0.3) is 22.4 Å². The summed E-state index contributed by atoms with van der Waals surface area (Å²) in [5.41, 5.74) is 2.81. The average Bonchev–Trinajstić information content (AvgIpc) is 3.23.